The minimum Gasteiger partial charge on any atom is -0.388 e. The van der Waals surface area contributed by atoms with Gasteiger partial charge in [-0.3, -0.25) is 4.79 Å². The third-order valence-electron chi connectivity index (χ3n) is 6.15. The average Bonchev–Trinajstić information content (AvgIpc) is 3.02. The summed E-state index contributed by atoms with van der Waals surface area (Å²) < 4.78 is 25.6. The third-order valence-corrected chi connectivity index (χ3v) is 6.15. The predicted molar refractivity (Wildman–Crippen MR) is 124 cm³/mol. The Labute approximate surface area is 194 Å². The monoisotopic (exact) mass is 448 g/mol. The number of benzene rings is 3. The molecule has 1 aliphatic rings. The number of rotatable bonds is 8. The summed E-state index contributed by atoms with van der Waals surface area (Å²) in [7, 11) is 0. The molecule has 0 aromatic heterocycles. The largest absolute Gasteiger partial charge is 0.388 e. The Balaban J connectivity index is 1.52. The molecule has 3 aromatic carbocycles. The number of aliphatic hydroxyl groups is 1. The molecule has 33 heavy (non-hydrogen) atoms. The highest BCUT2D eigenvalue weighted by molar-refractivity contribution is 5.82. The first-order valence-corrected chi connectivity index (χ1v) is 11.4. The number of aryl methyl sites for hydroxylation is 1. The van der Waals surface area contributed by atoms with Gasteiger partial charge in [0.1, 0.15) is 17.7 Å². The van der Waals surface area contributed by atoms with Crippen molar-refractivity contribution in [2.45, 2.75) is 44.2 Å². The molecule has 0 spiro atoms. The maximum atomic E-state index is 13.5. The van der Waals surface area contributed by atoms with Crippen molar-refractivity contribution in [1.29, 1.82) is 0 Å². The highest BCUT2D eigenvalue weighted by Gasteiger charge is 2.38. The Kier molecular flexibility index (Phi) is 8.00. The first-order valence-electron chi connectivity index (χ1n) is 11.4. The molecule has 4 atom stereocenters. The first-order chi connectivity index (χ1) is 16.1. The first kappa shape index (κ1) is 23.3. The number of halogens is 1. The zero-order valence-corrected chi connectivity index (χ0v) is 18.5. The van der Waals surface area contributed by atoms with Crippen molar-refractivity contribution < 1.29 is 23.8 Å². The molecule has 1 saturated heterocycles. The number of Topliss-reactive ketones (excluding diaryl/α,β-unsaturated/α-hetero) is 1. The molecular formula is C28H29FO4. The lowest BCUT2D eigenvalue weighted by Gasteiger charge is -2.26. The van der Waals surface area contributed by atoms with Crippen molar-refractivity contribution in [3.05, 3.63) is 107 Å². The highest BCUT2D eigenvalue weighted by Crippen LogP contribution is 2.36. The van der Waals surface area contributed by atoms with Gasteiger partial charge >= 0.3 is 0 Å². The minimum atomic E-state index is -0.858. The van der Waals surface area contributed by atoms with Crippen molar-refractivity contribution in [3.8, 4) is 0 Å². The second kappa shape index (κ2) is 11.3. The van der Waals surface area contributed by atoms with Crippen LogP contribution >= 0.6 is 0 Å². The lowest BCUT2D eigenvalue weighted by atomic mass is 9.85. The second-order valence-corrected chi connectivity index (χ2v) is 8.50. The van der Waals surface area contributed by atoms with E-state index in [0.29, 0.717) is 25.9 Å². The average molecular weight is 449 g/mol. The Morgan fingerprint density at radius 3 is 2.24 bits per heavy atom. The number of ketones is 1. The molecule has 1 heterocycles. The van der Waals surface area contributed by atoms with E-state index in [-0.39, 0.29) is 18.2 Å². The van der Waals surface area contributed by atoms with Crippen LogP contribution in [0.4, 0.5) is 4.39 Å². The van der Waals surface area contributed by atoms with Crippen LogP contribution in [0.5, 0.6) is 0 Å². The van der Waals surface area contributed by atoms with Gasteiger partial charge in [0.25, 0.3) is 0 Å². The Morgan fingerprint density at radius 1 is 0.939 bits per heavy atom. The van der Waals surface area contributed by atoms with Crippen LogP contribution < -0.4 is 0 Å². The minimum absolute atomic E-state index is 0.0456. The molecular weight excluding hydrogens is 419 g/mol. The summed E-state index contributed by atoms with van der Waals surface area (Å²) in [6.45, 7) is 0.388. The fourth-order valence-electron chi connectivity index (χ4n) is 4.29. The smallest absolute Gasteiger partial charge is 0.139 e. The zero-order valence-electron chi connectivity index (χ0n) is 18.5. The molecule has 0 amide bonds. The Hall–Kier alpha value is -2.86. The van der Waals surface area contributed by atoms with Crippen molar-refractivity contribution in [2.24, 2.45) is 5.92 Å². The summed E-state index contributed by atoms with van der Waals surface area (Å²) in [5, 5.41) is 10.7. The number of hydrogen-bond acceptors (Lipinski definition) is 4. The maximum absolute atomic E-state index is 13.5. The number of hydrogen-bond donors (Lipinski definition) is 1. The molecule has 1 N–H and O–H groups in total. The quantitative estimate of drug-likeness (QED) is 0.524. The molecule has 5 heteroatoms. The summed E-state index contributed by atoms with van der Waals surface area (Å²) in [6.07, 6.45) is -0.635. The van der Waals surface area contributed by atoms with Crippen LogP contribution in [-0.4, -0.2) is 29.7 Å². The summed E-state index contributed by atoms with van der Waals surface area (Å²) in [5.74, 6) is -0.795. The normalized spacial score (nSPS) is 23.1. The number of ether oxygens (including phenoxy) is 2. The van der Waals surface area contributed by atoms with Crippen LogP contribution in [0.3, 0.4) is 0 Å². The number of aliphatic hydroxyl groups excluding tert-OH is 1. The molecule has 0 saturated carbocycles. The van der Waals surface area contributed by atoms with Gasteiger partial charge in [-0.2, -0.15) is 0 Å². The lowest BCUT2D eigenvalue weighted by Crippen LogP contribution is -2.33. The van der Waals surface area contributed by atoms with Crippen LogP contribution in [0, 0.1) is 11.7 Å². The van der Waals surface area contributed by atoms with E-state index in [0.717, 1.165) is 16.7 Å². The molecule has 0 radical (unpaired) electrons. The van der Waals surface area contributed by atoms with Gasteiger partial charge in [0.15, 0.2) is 0 Å². The van der Waals surface area contributed by atoms with Crippen molar-refractivity contribution in [3.63, 3.8) is 0 Å². The van der Waals surface area contributed by atoms with E-state index in [9.17, 15) is 14.3 Å². The van der Waals surface area contributed by atoms with Gasteiger partial charge in [0.05, 0.1) is 31.3 Å². The molecule has 1 fully saturated rings. The zero-order chi connectivity index (χ0) is 23.0. The summed E-state index contributed by atoms with van der Waals surface area (Å²) in [4.78, 5) is 13.4. The fourth-order valence-corrected chi connectivity index (χ4v) is 4.29. The molecule has 4 nitrogen and oxygen atoms in total. The fraction of sp³-hybridized carbons (Fsp3) is 0.321. The van der Waals surface area contributed by atoms with Gasteiger partial charge in [0.2, 0.25) is 0 Å². The second-order valence-electron chi connectivity index (χ2n) is 8.50. The van der Waals surface area contributed by atoms with Crippen LogP contribution in [-0.2, 0) is 27.3 Å². The van der Waals surface area contributed by atoms with Gasteiger partial charge in [-0.15, -0.1) is 0 Å². The van der Waals surface area contributed by atoms with Crippen LogP contribution in [0.25, 0.3) is 0 Å². The van der Waals surface area contributed by atoms with E-state index in [1.54, 1.807) is 12.1 Å². The summed E-state index contributed by atoms with van der Waals surface area (Å²) in [6, 6.07) is 25.6. The summed E-state index contributed by atoms with van der Waals surface area (Å²) in [5.41, 5.74) is 2.82. The third kappa shape index (κ3) is 6.35. The van der Waals surface area contributed by atoms with Crippen LogP contribution in [0.1, 0.15) is 35.6 Å². The Bertz CT molecular complexity index is 1010. The molecule has 0 unspecified atom stereocenters. The van der Waals surface area contributed by atoms with Gasteiger partial charge in [-0.05, 0) is 41.7 Å². The van der Waals surface area contributed by atoms with E-state index in [1.807, 2.05) is 60.7 Å². The number of carbonyl (C=O) groups is 1. The summed E-state index contributed by atoms with van der Waals surface area (Å²) >= 11 is 0. The van der Waals surface area contributed by atoms with Crippen LogP contribution in [0.2, 0.25) is 0 Å². The van der Waals surface area contributed by atoms with Crippen LogP contribution in [0.15, 0.2) is 84.9 Å². The van der Waals surface area contributed by atoms with Gasteiger partial charge < -0.3 is 14.6 Å². The predicted octanol–water partition coefficient (Wildman–Crippen LogP) is 5.05. The molecule has 0 aliphatic carbocycles. The van der Waals surface area contributed by atoms with E-state index in [2.05, 4.69) is 0 Å². The highest BCUT2D eigenvalue weighted by atomic mass is 19.1. The van der Waals surface area contributed by atoms with E-state index in [4.69, 9.17) is 9.47 Å². The molecule has 0 bridgehead atoms. The lowest BCUT2D eigenvalue weighted by molar-refractivity contribution is -0.128. The van der Waals surface area contributed by atoms with Crippen molar-refractivity contribution in [2.75, 3.05) is 6.61 Å². The molecule has 172 valence electrons. The van der Waals surface area contributed by atoms with Gasteiger partial charge in [-0.1, -0.05) is 72.8 Å². The molecule has 3 aromatic rings. The van der Waals surface area contributed by atoms with E-state index in [1.165, 1.54) is 12.1 Å². The maximum Gasteiger partial charge on any atom is 0.139 e. The van der Waals surface area contributed by atoms with Crippen molar-refractivity contribution >= 4 is 5.78 Å². The SMILES string of the molecule is O=C(CCc1ccccc1)[C@@H]1C[C@H](OCc2ccccc2)[C@H](O)CO[C@H]1c1ccc(F)cc1. The number of carbonyl (C=O) groups excluding carboxylic acids is 1. The Morgan fingerprint density at radius 2 is 1.58 bits per heavy atom. The van der Waals surface area contributed by atoms with Gasteiger partial charge in [0, 0.05) is 6.42 Å². The van der Waals surface area contributed by atoms with Gasteiger partial charge in [-0.25, -0.2) is 4.39 Å². The molecule has 4 rings (SSSR count). The standard InChI is InChI=1S/C28H29FO4/c29-23-14-12-22(13-15-23)28-24(25(30)16-11-20-7-3-1-4-8-20)17-27(26(31)19-33-28)32-18-21-9-5-2-6-10-21/h1-10,12-15,24,26-28,31H,11,16-19H2/t24-,26+,27-,28-/m0/s1. The van der Waals surface area contributed by atoms with E-state index >= 15 is 0 Å². The van der Waals surface area contributed by atoms with Crippen molar-refractivity contribution in [1.82, 2.24) is 0 Å². The molecule has 1 aliphatic heterocycles. The topological polar surface area (TPSA) is 55.8 Å². The van der Waals surface area contributed by atoms with E-state index < -0.39 is 24.2 Å².